The number of carbonyl (C=O) groups is 1. The lowest BCUT2D eigenvalue weighted by Crippen LogP contribution is -2.53. The zero-order valence-electron chi connectivity index (χ0n) is 15.6. The van der Waals surface area contributed by atoms with E-state index in [2.05, 4.69) is 12.1 Å². The highest BCUT2D eigenvalue weighted by molar-refractivity contribution is 7.98. The van der Waals surface area contributed by atoms with Gasteiger partial charge in [0.2, 0.25) is 0 Å². The molecule has 2 aromatic rings. The lowest BCUT2D eigenvalue weighted by Gasteiger charge is -2.43. The fourth-order valence-electron chi connectivity index (χ4n) is 3.88. The van der Waals surface area contributed by atoms with Gasteiger partial charge in [-0.2, -0.15) is 12.7 Å². The molecule has 0 radical (unpaired) electrons. The van der Waals surface area contributed by atoms with E-state index < -0.39 is 15.8 Å². The van der Waals surface area contributed by atoms with Crippen LogP contribution in [0, 0.1) is 0 Å². The number of nitrogens with zero attached hydrogens (tertiary/aromatic N) is 1. The minimum atomic E-state index is -3.71. The van der Waals surface area contributed by atoms with Crippen molar-refractivity contribution in [1.29, 1.82) is 0 Å². The maximum atomic E-state index is 12.9. The highest BCUT2D eigenvalue weighted by atomic mass is 32.2. The molecule has 1 spiro atoms. The number of ether oxygens (including phenoxy) is 1. The van der Waals surface area contributed by atoms with Gasteiger partial charge in [-0.1, -0.05) is 18.2 Å². The molecular weight excluding hydrogens is 396 g/mol. The van der Waals surface area contributed by atoms with Crippen molar-refractivity contribution in [2.24, 2.45) is 5.14 Å². The lowest BCUT2D eigenvalue weighted by atomic mass is 9.82. The van der Waals surface area contributed by atoms with Crippen LogP contribution in [0.2, 0.25) is 0 Å². The third-order valence-corrected chi connectivity index (χ3v) is 7.33. The first-order valence-electron chi connectivity index (χ1n) is 9.08. The smallest absolute Gasteiger partial charge is 0.276 e. The molecule has 1 fully saturated rings. The fourth-order valence-corrected chi connectivity index (χ4v) is 4.98. The van der Waals surface area contributed by atoms with Crippen molar-refractivity contribution < 1.29 is 17.9 Å². The Hall–Kier alpha value is -1.87. The van der Waals surface area contributed by atoms with E-state index in [9.17, 15) is 13.2 Å². The molecule has 2 aliphatic heterocycles. The maximum absolute atomic E-state index is 12.9. The van der Waals surface area contributed by atoms with Crippen LogP contribution in [0.4, 0.5) is 0 Å². The number of hydrogen-bond acceptors (Lipinski definition) is 5. The van der Waals surface area contributed by atoms with E-state index in [0.29, 0.717) is 24.2 Å². The third-order valence-electron chi connectivity index (χ3n) is 5.51. The number of hydrogen-bond donors (Lipinski definition) is 1. The second-order valence-electron chi connectivity index (χ2n) is 7.27. The monoisotopic (exact) mass is 418 g/mol. The van der Waals surface area contributed by atoms with Crippen LogP contribution in [-0.4, -0.2) is 43.5 Å². The molecule has 0 unspecified atom stereocenters. The quantitative estimate of drug-likeness (QED) is 0.774. The number of Topliss-reactive ketones (excluding diaryl/α,β-unsaturated/α-hetero) is 1. The average Bonchev–Trinajstić information content (AvgIpc) is 2.67. The number of nitrogens with two attached hydrogens (primary N) is 1. The van der Waals surface area contributed by atoms with E-state index in [-0.39, 0.29) is 25.3 Å². The van der Waals surface area contributed by atoms with Gasteiger partial charge in [-0.25, -0.2) is 5.14 Å². The van der Waals surface area contributed by atoms with Gasteiger partial charge in [-0.3, -0.25) is 4.79 Å². The predicted molar refractivity (Wildman–Crippen MR) is 110 cm³/mol. The summed E-state index contributed by atoms with van der Waals surface area (Å²) in [6.45, 7) is 0.530. The summed E-state index contributed by atoms with van der Waals surface area (Å²) in [4.78, 5) is 14.1. The van der Waals surface area contributed by atoms with Gasteiger partial charge in [-0.05, 0) is 41.6 Å². The summed E-state index contributed by atoms with van der Waals surface area (Å²) in [5.74, 6) is 0.609. The standard InChI is InChI=1S/C20H22N2O4S2/c1-27-16-5-2-14(3-6-16)15-4-7-19-17(12-15)18(23)13-20(26-19)8-10-22(11-9-20)28(21,24)25/h2-7,12H,8-11,13H2,1H3,(H2,21,24,25). The molecule has 0 aromatic heterocycles. The van der Waals surface area contributed by atoms with E-state index in [4.69, 9.17) is 9.88 Å². The molecule has 0 atom stereocenters. The van der Waals surface area contributed by atoms with Gasteiger partial charge in [0.15, 0.2) is 5.78 Å². The lowest BCUT2D eigenvalue weighted by molar-refractivity contribution is 0.00594. The Bertz CT molecular complexity index is 1010. The summed E-state index contributed by atoms with van der Waals surface area (Å²) in [5.41, 5.74) is 1.97. The van der Waals surface area contributed by atoms with E-state index in [1.165, 1.54) is 9.20 Å². The van der Waals surface area contributed by atoms with Crippen molar-refractivity contribution in [2.45, 2.75) is 29.8 Å². The summed E-state index contributed by atoms with van der Waals surface area (Å²) in [7, 11) is -3.71. The van der Waals surface area contributed by atoms with Crippen LogP contribution in [0.5, 0.6) is 5.75 Å². The van der Waals surface area contributed by atoms with Crippen molar-refractivity contribution in [3.05, 3.63) is 48.0 Å². The number of carbonyl (C=O) groups excluding carboxylic acids is 1. The molecule has 8 heteroatoms. The Morgan fingerprint density at radius 2 is 1.71 bits per heavy atom. The molecule has 0 saturated carbocycles. The Morgan fingerprint density at radius 3 is 2.32 bits per heavy atom. The molecule has 0 bridgehead atoms. The van der Waals surface area contributed by atoms with Gasteiger partial charge in [-0.15, -0.1) is 11.8 Å². The van der Waals surface area contributed by atoms with Crippen LogP contribution in [0.15, 0.2) is 47.4 Å². The second-order valence-corrected chi connectivity index (χ2v) is 9.69. The van der Waals surface area contributed by atoms with E-state index in [0.717, 1.165) is 11.1 Å². The summed E-state index contributed by atoms with van der Waals surface area (Å²) < 4.78 is 30.5. The summed E-state index contributed by atoms with van der Waals surface area (Å²) >= 11 is 1.69. The zero-order chi connectivity index (χ0) is 19.9. The molecule has 0 aliphatic carbocycles. The van der Waals surface area contributed by atoms with Crippen LogP contribution in [0.3, 0.4) is 0 Å². The van der Waals surface area contributed by atoms with Crippen molar-refractivity contribution in [2.75, 3.05) is 19.3 Å². The highest BCUT2D eigenvalue weighted by Gasteiger charge is 2.44. The largest absolute Gasteiger partial charge is 0.486 e. The minimum absolute atomic E-state index is 0.0351. The van der Waals surface area contributed by atoms with Gasteiger partial charge in [0, 0.05) is 30.8 Å². The summed E-state index contributed by atoms with van der Waals surface area (Å²) in [6, 6.07) is 13.9. The molecule has 28 heavy (non-hydrogen) atoms. The van der Waals surface area contributed by atoms with Gasteiger partial charge in [0.25, 0.3) is 10.2 Å². The second kappa shape index (κ2) is 7.18. The number of rotatable bonds is 3. The molecule has 1 saturated heterocycles. The predicted octanol–water partition coefficient (Wildman–Crippen LogP) is 3.08. The van der Waals surface area contributed by atoms with E-state index in [1.807, 2.05) is 36.6 Å². The molecule has 4 rings (SSSR count). The van der Waals surface area contributed by atoms with Crippen LogP contribution in [-0.2, 0) is 10.2 Å². The molecule has 2 N–H and O–H groups in total. The Labute approximate surface area is 169 Å². The van der Waals surface area contributed by atoms with Crippen LogP contribution >= 0.6 is 11.8 Å². The Kier molecular flexibility index (Phi) is 4.99. The average molecular weight is 419 g/mol. The van der Waals surface area contributed by atoms with Crippen molar-refractivity contribution >= 4 is 27.8 Å². The number of fused-ring (bicyclic) bond motifs is 1. The molecular formula is C20H22N2O4S2. The van der Waals surface area contributed by atoms with Crippen LogP contribution < -0.4 is 9.88 Å². The minimum Gasteiger partial charge on any atom is -0.486 e. The number of thioether (sulfide) groups is 1. The third kappa shape index (κ3) is 3.69. The van der Waals surface area contributed by atoms with E-state index >= 15 is 0 Å². The SMILES string of the molecule is CSc1ccc(-c2ccc3c(c2)C(=O)CC2(CCN(S(N)(=O)=O)CC2)O3)cc1. The summed E-state index contributed by atoms with van der Waals surface area (Å²) in [6.07, 6.45) is 3.19. The van der Waals surface area contributed by atoms with Gasteiger partial charge >= 0.3 is 0 Å². The summed E-state index contributed by atoms with van der Waals surface area (Å²) in [5, 5.41) is 5.21. The number of ketones is 1. The molecule has 2 aromatic carbocycles. The van der Waals surface area contributed by atoms with Crippen LogP contribution in [0.1, 0.15) is 29.6 Å². The highest BCUT2D eigenvalue weighted by Crippen LogP contribution is 2.41. The molecule has 2 aliphatic rings. The number of benzene rings is 2. The zero-order valence-corrected chi connectivity index (χ0v) is 17.2. The van der Waals surface area contributed by atoms with E-state index in [1.54, 1.807) is 11.8 Å². The molecule has 0 amide bonds. The topological polar surface area (TPSA) is 89.7 Å². The van der Waals surface area contributed by atoms with Gasteiger partial charge in [0.05, 0.1) is 12.0 Å². The normalized spacial score (nSPS) is 19.3. The van der Waals surface area contributed by atoms with Crippen molar-refractivity contribution in [1.82, 2.24) is 4.31 Å². The fraction of sp³-hybridized carbons (Fsp3) is 0.350. The van der Waals surface area contributed by atoms with Crippen molar-refractivity contribution in [3.63, 3.8) is 0 Å². The molecule has 2 heterocycles. The van der Waals surface area contributed by atoms with Crippen LogP contribution in [0.25, 0.3) is 11.1 Å². The van der Waals surface area contributed by atoms with Gasteiger partial charge in [0.1, 0.15) is 11.4 Å². The first kappa shape index (κ1) is 19.4. The molecule has 6 nitrogen and oxygen atoms in total. The Balaban J connectivity index is 1.57. The first-order chi connectivity index (χ1) is 13.3. The van der Waals surface area contributed by atoms with Gasteiger partial charge < -0.3 is 4.74 Å². The molecule has 148 valence electrons. The van der Waals surface area contributed by atoms with Crippen molar-refractivity contribution in [3.8, 4) is 16.9 Å². The number of piperidine rings is 1. The maximum Gasteiger partial charge on any atom is 0.276 e. The first-order valence-corrected chi connectivity index (χ1v) is 11.8. The Morgan fingerprint density at radius 1 is 1.07 bits per heavy atom.